The first-order valence-electron chi connectivity index (χ1n) is 5.74. The molecule has 0 spiro atoms. The molecule has 1 heterocycles. The van der Waals surface area contributed by atoms with Gasteiger partial charge in [-0.25, -0.2) is 0 Å². The average molecular weight is 209 g/mol. The Morgan fingerprint density at radius 1 is 0.875 bits per heavy atom. The lowest BCUT2D eigenvalue weighted by Crippen LogP contribution is -2.00. The van der Waals surface area contributed by atoms with Crippen LogP contribution in [-0.2, 0) is 13.1 Å². The number of benzene rings is 2. The van der Waals surface area contributed by atoms with E-state index in [-0.39, 0.29) is 0 Å². The summed E-state index contributed by atoms with van der Waals surface area (Å²) >= 11 is 0. The molecule has 2 aromatic rings. The number of aryl methyl sites for hydroxylation is 1. The maximum absolute atomic E-state index is 3.44. The lowest BCUT2D eigenvalue weighted by atomic mass is 9.94. The van der Waals surface area contributed by atoms with Crippen LogP contribution in [0, 0.1) is 6.92 Å². The Kier molecular flexibility index (Phi) is 2.26. The second-order valence-corrected chi connectivity index (χ2v) is 4.36. The van der Waals surface area contributed by atoms with Crippen molar-refractivity contribution in [3.05, 3.63) is 59.2 Å². The van der Waals surface area contributed by atoms with Crippen LogP contribution < -0.4 is 5.32 Å². The van der Waals surface area contributed by atoms with Crippen molar-refractivity contribution >= 4 is 0 Å². The highest BCUT2D eigenvalue weighted by Gasteiger charge is 2.16. The Bertz CT molecular complexity index is 514. The summed E-state index contributed by atoms with van der Waals surface area (Å²) in [7, 11) is 0. The number of rotatable bonds is 1. The Labute approximate surface area is 96.1 Å². The first-order chi connectivity index (χ1) is 7.86. The molecule has 1 aliphatic rings. The van der Waals surface area contributed by atoms with Crippen molar-refractivity contribution in [3.8, 4) is 11.1 Å². The summed E-state index contributed by atoms with van der Waals surface area (Å²) in [4.78, 5) is 0. The van der Waals surface area contributed by atoms with Crippen LogP contribution in [0.2, 0.25) is 0 Å². The van der Waals surface area contributed by atoms with Crippen LogP contribution >= 0.6 is 0 Å². The highest BCUT2D eigenvalue weighted by molar-refractivity contribution is 5.70. The molecule has 0 saturated heterocycles. The first-order valence-corrected chi connectivity index (χ1v) is 5.74. The predicted molar refractivity (Wildman–Crippen MR) is 67.2 cm³/mol. The van der Waals surface area contributed by atoms with Gasteiger partial charge in [-0.1, -0.05) is 42.5 Å². The van der Waals surface area contributed by atoms with E-state index < -0.39 is 0 Å². The van der Waals surface area contributed by atoms with Gasteiger partial charge in [0.25, 0.3) is 0 Å². The summed E-state index contributed by atoms with van der Waals surface area (Å²) in [5.41, 5.74) is 7.07. The van der Waals surface area contributed by atoms with Crippen molar-refractivity contribution in [1.29, 1.82) is 0 Å². The molecule has 1 aliphatic heterocycles. The third-order valence-corrected chi connectivity index (χ3v) is 3.35. The average Bonchev–Trinajstić information content (AvgIpc) is 2.81. The van der Waals surface area contributed by atoms with Gasteiger partial charge in [0.1, 0.15) is 0 Å². The van der Waals surface area contributed by atoms with Crippen LogP contribution in [0.1, 0.15) is 16.7 Å². The van der Waals surface area contributed by atoms with E-state index in [1.807, 2.05) is 0 Å². The minimum Gasteiger partial charge on any atom is -0.309 e. The van der Waals surface area contributed by atoms with Crippen LogP contribution in [0.25, 0.3) is 11.1 Å². The van der Waals surface area contributed by atoms with Gasteiger partial charge in [-0.3, -0.25) is 0 Å². The Hall–Kier alpha value is -1.60. The lowest BCUT2D eigenvalue weighted by molar-refractivity contribution is 0.764. The molecule has 1 heteroatoms. The molecular formula is C15H15N. The molecule has 0 fully saturated rings. The van der Waals surface area contributed by atoms with Crippen molar-refractivity contribution < 1.29 is 0 Å². The number of fused-ring (bicyclic) bond motifs is 1. The maximum atomic E-state index is 3.44. The van der Waals surface area contributed by atoms with E-state index in [4.69, 9.17) is 0 Å². The van der Waals surface area contributed by atoms with Gasteiger partial charge in [-0.15, -0.1) is 0 Å². The quantitative estimate of drug-likeness (QED) is 0.760. The smallest absolute Gasteiger partial charge is 0.0218 e. The van der Waals surface area contributed by atoms with Gasteiger partial charge in [0.05, 0.1) is 0 Å². The summed E-state index contributed by atoms with van der Waals surface area (Å²) in [5.74, 6) is 0. The standard InChI is InChI=1S/C15H15N/c1-11-7-8-13(12-5-3-2-4-6-12)15-10-16-9-14(11)15/h2-8,16H,9-10H2,1H3. The third-order valence-electron chi connectivity index (χ3n) is 3.35. The molecule has 0 atom stereocenters. The fourth-order valence-corrected chi connectivity index (χ4v) is 2.46. The molecule has 1 N–H and O–H groups in total. The highest BCUT2D eigenvalue weighted by atomic mass is 14.9. The zero-order valence-electron chi connectivity index (χ0n) is 9.46. The van der Waals surface area contributed by atoms with E-state index >= 15 is 0 Å². The van der Waals surface area contributed by atoms with Crippen molar-refractivity contribution in [1.82, 2.24) is 5.32 Å². The molecule has 80 valence electrons. The molecule has 0 radical (unpaired) electrons. The van der Waals surface area contributed by atoms with Crippen molar-refractivity contribution in [2.45, 2.75) is 20.0 Å². The number of hydrogen-bond acceptors (Lipinski definition) is 1. The molecule has 0 amide bonds. The van der Waals surface area contributed by atoms with Crippen LogP contribution in [0.5, 0.6) is 0 Å². The monoisotopic (exact) mass is 209 g/mol. The summed E-state index contributed by atoms with van der Waals surface area (Å²) < 4.78 is 0. The minimum absolute atomic E-state index is 1.00. The van der Waals surface area contributed by atoms with E-state index in [1.54, 1.807) is 0 Å². The lowest BCUT2D eigenvalue weighted by Gasteiger charge is -2.10. The van der Waals surface area contributed by atoms with Gasteiger partial charge in [0.15, 0.2) is 0 Å². The van der Waals surface area contributed by atoms with Crippen LogP contribution in [0.3, 0.4) is 0 Å². The normalized spacial score (nSPS) is 13.8. The van der Waals surface area contributed by atoms with E-state index in [9.17, 15) is 0 Å². The van der Waals surface area contributed by atoms with Gasteiger partial charge in [-0.05, 0) is 34.7 Å². The van der Waals surface area contributed by atoms with Gasteiger partial charge < -0.3 is 5.32 Å². The van der Waals surface area contributed by atoms with Gasteiger partial charge in [0.2, 0.25) is 0 Å². The fourth-order valence-electron chi connectivity index (χ4n) is 2.46. The van der Waals surface area contributed by atoms with Crippen LogP contribution in [0.4, 0.5) is 0 Å². The molecule has 1 nitrogen and oxygen atoms in total. The van der Waals surface area contributed by atoms with E-state index in [2.05, 4.69) is 54.7 Å². The second-order valence-electron chi connectivity index (χ2n) is 4.36. The molecule has 16 heavy (non-hydrogen) atoms. The molecule has 0 unspecified atom stereocenters. The highest BCUT2D eigenvalue weighted by Crippen LogP contribution is 2.30. The van der Waals surface area contributed by atoms with Gasteiger partial charge >= 0.3 is 0 Å². The van der Waals surface area contributed by atoms with Gasteiger partial charge in [-0.2, -0.15) is 0 Å². The molecule has 3 rings (SSSR count). The van der Waals surface area contributed by atoms with Crippen LogP contribution in [-0.4, -0.2) is 0 Å². The predicted octanol–water partition coefficient (Wildman–Crippen LogP) is 3.27. The molecular weight excluding hydrogens is 194 g/mol. The molecule has 0 aromatic heterocycles. The number of nitrogens with one attached hydrogen (secondary N) is 1. The summed E-state index contributed by atoms with van der Waals surface area (Å²) in [6.45, 7) is 4.21. The van der Waals surface area contributed by atoms with Crippen LogP contribution in [0.15, 0.2) is 42.5 Å². The Morgan fingerprint density at radius 2 is 1.62 bits per heavy atom. The zero-order valence-corrected chi connectivity index (χ0v) is 9.46. The second kappa shape index (κ2) is 3.76. The Balaban J connectivity index is 2.20. The first kappa shape index (κ1) is 9.61. The SMILES string of the molecule is Cc1ccc(-c2ccccc2)c2c1CNC2. The van der Waals surface area contributed by atoms with E-state index in [1.165, 1.54) is 27.8 Å². The largest absolute Gasteiger partial charge is 0.309 e. The summed E-state index contributed by atoms with van der Waals surface area (Å²) in [6.07, 6.45) is 0. The summed E-state index contributed by atoms with van der Waals surface area (Å²) in [6, 6.07) is 15.1. The topological polar surface area (TPSA) is 12.0 Å². The van der Waals surface area contributed by atoms with Crippen molar-refractivity contribution in [2.75, 3.05) is 0 Å². The molecule has 0 aliphatic carbocycles. The number of hydrogen-bond donors (Lipinski definition) is 1. The summed E-state index contributed by atoms with van der Waals surface area (Å²) in [5, 5.41) is 3.44. The van der Waals surface area contributed by atoms with Crippen molar-refractivity contribution in [3.63, 3.8) is 0 Å². The molecule has 2 aromatic carbocycles. The van der Waals surface area contributed by atoms with E-state index in [0.717, 1.165) is 13.1 Å². The van der Waals surface area contributed by atoms with Gasteiger partial charge in [0, 0.05) is 13.1 Å². The Morgan fingerprint density at radius 3 is 2.44 bits per heavy atom. The minimum atomic E-state index is 1.00. The van der Waals surface area contributed by atoms with Crippen molar-refractivity contribution in [2.24, 2.45) is 0 Å². The molecule has 0 bridgehead atoms. The third kappa shape index (κ3) is 1.44. The molecule has 0 saturated carbocycles. The zero-order chi connectivity index (χ0) is 11.0. The maximum Gasteiger partial charge on any atom is 0.0218 e. The van der Waals surface area contributed by atoms with E-state index in [0.29, 0.717) is 0 Å². The fraction of sp³-hybridized carbons (Fsp3) is 0.200.